The smallest absolute Gasteiger partial charge is 0.254 e. The van der Waals surface area contributed by atoms with Gasteiger partial charge in [-0.25, -0.2) is 4.39 Å². The summed E-state index contributed by atoms with van der Waals surface area (Å²) in [5.74, 6) is -0.859. The van der Waals surface area contributed by atoms with Crippen LogP contribution in [0, 0.1) is 17.7 Å². The highest BCUT2D eigenvalue weighted by Crippen LogP contribution is 2.18. The number of nitrogens with one attached hydrogen (secondary N) is 2. The number of carbonyl (C=O) groups is 2. The number of amides is 2. The maximum atomic E-state index is 13.8. The number of likely N-dealkylation sites (tertiary alicyclic amines) is 1. The molecule has 1 aromatic carbocycles. The highest BCUT2D eigenvalue weighted by Gasteiger charge is 2.32. The topological polar surface area (TPSA) is 61.4 Å². The summed E-state index contributed by atoms with van der Waals surface area (Å²) in [6.45, 7) is 6.05. The van der Waals surface area contributed by atoms with Crippen molar-refractivity contribution in [3.63, 3.8) is 0 Å². The Morgan fingerprint density at radius 2 is 2.00 bits per heavy atom. The van der Waals surface area contributed by atoms with Gasteiger partial charge in [-0.15, -0.1) is 12.4 Å². The van der Waals surface area contributed by atoms with E-state index in [0.717, 1.165) is 19.4 Å². The SMILES string of the molecule is CNCC1CCCN(C(=O)C(NC(=O)c2ccccc2F)C(C)C)C1.Cl. The lowest BCUT2D eigenvalue weighted by Gasteiger charge is -2.36. The van der Waals surface area contributed by atoms with Crippen molar-refractivity contribution in [2.45, 2.75) is 32.7 Å². The first-order valence-electron chi connectivity index (χ1n) is 8.92. The third-order valence-corrected chi connectivity index (χ3v) is 4.66. The molecule has 1 aliphatic heterocycles. The minimum Gasteiger partial charge on any atom is -0.341 e. The molecule has 5 nitrogen and oxygen atoms in total. The fourth-order valence-corrected chi connectivity index (χ4v) is 3.30. The van der Waals surface area contributed by atoms with E-state index >= 15 is 0 Å². The zero-order chi connectivity index (χ0) is 18.4. The van der Waals surface area contributed by atoms with Crippen LogP contribution < -0.4 is 10.6 Å². The van der Waals surface area contributed by atoms with Gasteiger partial charge < -0.3 is 15.5 Å². The quantitative estimate of drug-likeness (QED) is 0.790. The maximum Gasteiger partial charge on any atom is 0.254 e. The summed E-state index contributed by atoms with van der Waals surface area (Å²) in [5.41, 5.74) is -0.0346. The van der Waals surface area contributed by atoms with Gasteiger partial charge >= 0.3 is 0 Å². The molecule has 2 atom stereocenters. The molecule has 1 heterocycles. The summed E-state index contributed by atoms with van der Waals surface area (Å²) in [6, 6.07) is 5.16. The monoisotopic (exact) mass is 385 g/mol. The summed E-state index contributed by atoms with van der Waals surface area (Å²) in [4.78, 5) is 27.2. The van der Waals surface area contributed by atoms with Gasteiger partial charge in [-0.2, -0.15) is 0 Å². The van der Waals surface area contributed by atoms with E-state index in [2.05, 4.69) is 10.6 Å². The summed E-state index contributed by atoms with van der Waals surface area (Å²) >= 11 is 0. The molecule has 0 bridgehead atoms. The molecule has 1 fully saturated rings. The molecule has 7 heteroatoms. The normalized spacial score (nSPS) is 18.2. The van der Waals surface area contributed by atoms with Crippen LogP contribution in [0.1, 0.15) is 37.0 Å². The van der Waals surface area contributed by atoms with Crippen molar-refractivity contribution in [3.8, 4) is 0 Å². The van der Waals surface area contributed by atoms with E-state index in [1.165, 1.54) is 18.2 Å². The first-order chi connectivity index (χ1) is 11.9. The highest BCUT2D eigenvalue weighted by atomic mass is 35.5. The van der Waals surface area contributed by atoms with Gasteiger partial charge in [-0.3, -0.25) is 9.59 Å². The number of rotatable bonds is 6. The van der Waals surface area contributed by atoms with Crippen LogP contribution in [-0.4, -0.2) is 49.4 Å². The number of hydrogen-bond donors (Lipinski definition) is 2. The molecule has 2 N–H and O–H groups in total. The molecule has 2 unspecified atom stereocenters. The average molecular weight is 386 g/mol. The molecule has 0 spiro atoms. The number of piperidine rings is 1. The molecule has 146 valence electrons. The van der Waals surface area contributed by atoms with Crippen LogP contribution in [0.3, 0.4) is 0 Å². The van der Waals surface area contributed by atoms with E-state index in [9.17, 15) is 14.0 Å². The summed E-state index contributed by atoms with van der Waals surface area (Å²) in [6.07, 6.45) is 2.06. The minimum atomic E-state index is -0.652. The molecular formula is C19H29ClFN3O2. The molecule has 0 aromatic heterocycles. The van der Waals surface area contributed by atoms with Gasteiger partial charge in [-0.1, -0.05) is 26.0 Å². The Morgan fingerprint density at radius 1 is 1.31 bits per heavy atom. The minimum absolute atomic E-state index is 0. The van der Waals surface area contributed by atoms with Gasteiger partial charge in [0.05, 0.1) is 5.56 Å². The van der Waals surface area contributed by atoms with E-state index in [1.807, 2.05) is 25.8 Å². The first-order valence-corrected chi connectivity index (χ1v) is 8.92. The first kappa shape index (κ1) is 22.4. The van der Waals surface area contributed by atoms with Gasteiger partial charge in [0.1, 0.15) is 11.9 Å². The molecule has 2 rings (SSSR count). The Bertz CT molecular complexity index is 610. The van der Waals surface area contributed by atoms with E-state index in [-0.39, 0.29) is 29.8 Å². The Morgan fingerprint density at radius 3 is 2.62 bits per heavy atom. The van der Waals surface area contributed by atoms with Gasteiger partial charge in [0.25, 0.3) is 5.91 Å². The predicted octanol–water partition coefficient (Wildman–Crippen LogP) is 2.46. The van der Waals surface area contributed by atoms with Crippen LogP contribution in [0.2, 0.25) is 0 Å². The molecule has 26 heavy (non-hydrogen) atoms. The highest BCUT2D eigenvalue weighted by molar-refractivity contribution is 5.97. The van der Waals surface area contributed by atoms with Crippen molar-refractivity contribution in [1.82, 2.24) is 15.5 Å². The molecule has 1 aromatic rings. The molecule has 1 aliphatic rings. The second-order valence-corrected chi connectivity index (χ2v) is 7.03. The standard InChI is InChI=1S/C19H28FN3O2.ClH/c1-13(2)17(22-18(24)15-8-4-5-9-16(15)20)19(25)23-10-6-7-14(12-23)11-21-3;/h4-5,8-9,13-14,17,21H,6-7,10-12H2,1-3H3,(H,22,24);1H. The third kappa shape index (κ3) is 5.68. The van der Waals surface area contributed by atoms with Crippen LogP contribution in [0.4, 0.5) is 4.39 Å². The zero-order valence-electron chi connectivity index (χ0n) is 15.6. The van der Waals surface area contributed by atoms with Gasteiger partial charge in [0.2, 0.25) is 5.91 Å². The largest absolute Gasteiger partial charge is 0.341 e. The van der Waals surface area contributed by atoms with E-state index in [0.29, 0.717) is 19.0 Å². The van der Waals surface area contributed by atoms with Crippen LogP contribution in [0.5, 0.6) is 0 Å². The fraction of sp³-hybridized carbons (Fsp3) is 0.579. The third-order valence-electron chi connectivity index (χ3n) is 4.66. The maximum absolute atomic E-state index is 13.8. The van der Waals surface area contributed by atoms with Gasteiger partial charge in [-0.05, 0) is 50.4 Å². The summed E-state index contributed by atoms with van der Waals surface area (Å²) in [5, 5.41) is 5.89. The lowest BCUT2D eigenvalue weighted by atomic mass is 9.95. The Hall–Kier alpha value is -1.66. The predicted molar refractivity (Wildman–Crippen MR) is 103 cm³/mol. The molecule has 1 saturated heterocycles. The van der Waals surface area contributed by atoms with Gasteiger partial charge in [0.15, 0.2) is 0 Å². The molecular weight excluding hydrogens is 357 g/mol. The number of hydrogen-bond acceptors (Lipinski definition) is 3. The number of carbonyl (C=O) groups excluding carboxylic acids is 2. The van der Waals surface area contributed by atoms with E-state index in [4.69, 9.17) is 0 Å². The van der Waals surface area contributed by atoms with E-state index < -0.39 is 17.8 Å². The van der Waals surface area contributed by atoms with Crippen molar-refractivity contribution in [1.29, 1.82) is 0 Å². The summed E-state index contributed by atoms with van der Waals surface area (Å²) in [7, 11) is 1.91. The number of benzene rings is 1. The Labute approximate surface area is 161 Å². The molecule has 0 saturated carbocycles. The average Bonchev–Trinajstić information content (AvgIpc) is 2.59. The Kier molecular flexibility index (Phi) is 9.02. The molecule has 2 amide bonds. The fourth-order valence-electron chi connectivity index (χ4n) is 3.30. The van der Waals surface area contributed by atoms with Crippen LogP contribution in [0.15, 0.2) is 24.3 Å². The number of halogens is 2. The molecule has 0 radical (unpaired) electrons. The lowest BCUT2D eigenvalue weighted by Crippen LogP contribution is -2.54. The number of nitrogens with zero attached hydrogens (tertiary/aromatic N) is 1. The van der Waals surface area contributed by atoms with Crippen molar-refractivity contribution in [2.75, 3.05) is 26.7 Å². The van der Waals surface area contributed by atoms with Crippen molar-refractivity contribution in [3.05, 3.63) is 35.6 Å². The van der Waals surface area contributed by atoms with Crippen LogP contribution in [-0.2, 0) is 4.79 Å². The second kappa shape index (κ2) is 10.5. The Balaban J connectivity index is 0.00000338. The lowest BCUT2D eigenvalue weighted by molar-refractivity contribution is -0.136. The van der Waals surface area contributed by atoms with Crippen molar-refractivity contribution < 1.29 is 14.0 Å². The van der Waals surface area contributed by atoms with Crippen molar-refractivity contribution >= 4 is 24.2 Å². The van der Waals surface area contributed by atoms with E-state index in [1.54, 1.807) is 6.07 Å². The van der Waals surface area contributed by atoms with Crippen LogP contribution >= 0.6 is 12.4 Å². The van der Waals surface area contributed by atoms with Crippen LogP contribution in [0.25, 0.3) is 0 Å². The zero-order valence-corrected chi connectivity index (χ0v) is 16.4. The van der Waals surface area contributed by atoms with Gasteiger partial charge in [0, 0.05) is 13.1 Å². The van der Waals surface area contributed by atoms with Crippen molar-refractivity contribution in [2.24, 2.45) is 11.8 Å². The summed E-state index contributed by atoms with van der Waals surface area (Å²) < 4.78 is 13.8. The second-order valence-electron chi connectivity index (χ2n) is 7.03. The molecule has 0 aliphatic carbocycles.